The molecule has 0 N–H and O–H groups in total. The third kappa shape index (κ3) is 1.03. The molecule has 1 aromatic carbocycles. The molecular weight excluding hydrogens is 149 g/mol. The van der Waals surface area contributed by atoms with Gasteiger partial charge in [0.25, 0.3) is 0 Å². The second-order valence-electron chi connectivity index (χ2n) is 2.54. The van der Waals surface area contributed by atoms with Gasteiger partial charge in [0.1, 0.15) is 11.3 Å². The highest BCUT2D eigenvalue weighted by Gasteiger charge is 1.98. The van der Waals surface area contributed by atoms with E-state index in [4.69, 9.17) is 4.65 Å². The average molecular weight is 157 g/mol. The second-order valence-corrected chi connectivity index (χ2v) is 2.54. The first-order valence-electron chi connectivity index (χ1n) is 3.79. The van der Waals surface area contributed by atoms with Crippen LogP contribution in [0.5, 0.6) is 5.75 Å². The van der Waals surface area contributed by atoms with E-state index in [0.717, 1.165) is 16.7 Å². The molecule has 0 aliphatic carbocycles. The van der Waals surface area contributed by atoms with Crippen LogP contribution in [-0.4, -0.2) is 13.0 Å². The van der Waals surface area contributed by atoms with Crippen LogP contribution in [0.1, 0.15) is 0 Å². The molecule has 1 aromatic heterocycles. The molecule has 1 heterocycles. The maximum atomic E-state index is 5.16. The van der Waals surface area contributed by atoms with Crippen LogP contribution in [0.2, 0.25) is 0 Å². The fourth-order valence-electron chi connectivity index (χ4n) is 1.24. The van der Waals surface area contributed by atoms with Gasteiger partial charge in [-0.1, -0.05) is 18.2 Å². The lowest BCUT2D eigenvalue weighted by Gasteiger charge is -2.03. The molecular formula is C9H8BNO. The number of nitrogens with zero attached hydrogens (tertiary/aromatic N) is 1. The van der Waals surface area contributed by atoms with Crippen molar-refractivity contribution in [2.45, 2.75) is 0 Å². The maximum absolute atomic E-state index is 5.16. The summed E-state index contributed by atoms with van der Waals surface area (Å²) in [5.74, 6) is 0.827. The van der Waals surface area contributed by atoms with Crippen molar-refractivity contribution in [3.63, 3.8) is 0 Å². The van der Waals surface area contributed by atoms with Crippen molar-refractivity contribution in [1.82, 2.24) is 4.98 Å². The van der Waals surface area contributed by atoms with E-state index in [-0.39, 0.29) is 0 Å². The summed E-state index contributed by atoms with van der Waals surface area (Å²) in [5.41, 5.74) is 0.919. The highest BCUT2D eigenvalue weighted by Crippen LogP contribution is 2.21. The van der Waals surface area contributed by atoms with E-state index >= 15 is 0 Å². The van der Waals surface area contributed by atoms with E-state index in [0.29, 0.717) is 0 Å². The van der Waals surface area contributed by atoms with Gasteiger partial charge in [0.2, 0.25) is 0 Å². The number of benzene rings is 1. The number of para-hydroxylation sites is 1. The summed E-state index contributed by atoms with van der Waals surface area (Å²) in [4.78, 5) is 4.23. The number of fused-ring (bicyclic) bond motifs is 1. The Balaban J connectivity index is 2.79. The molecule has 2 rings (SSSR count). The first kappa shape index (κ1) is 7.16. The first-order valence-corrected chi connectivity index (χ1v) is 3.79. The van der Waals surface area contributed by atoms with Crippen LogP contribution in [0.3, 0.4) is 0 Å². The monoisotopic (exact) mass is 157 g/mol. The molecule has 0 spiro atoms. The molecule has 2 nitrogen and oxygen atoms in total. The van der Waals surface area contributed by atoms with Gasteiger partial charge in [0.05, 0.1) is 0 Å². The van der Waals surface area contributed by atoms with Gasteiger partial charge in [-0.15, -0.1) is 0 Å². The Labute approximate surface area is 71.6 Å². The molecule has 0 saturated carbocycles. The molecule has 12 heavy (non-hydrogen) atoms. The summed E-state index contributed by atoms with van der Waals surface area (Å²) in [6.07, 6.45) is 1.77. The summed E-state index contributed by atoms with van der Waals surface area (Å²) >= 11 is 0. The fraction of sp³-hybridized carbons (Fsp3) is 0. The third-order valence-corrected chi connectivity index (χ3v) is 1.82. The SMILES string of the molecule is BOc1cccc2cccnc12. The van der Waals surface area contributed by atoms with Crippen LogP contribution >= 0.6 is 0 Å². The van der Waals surface area contributed by atoms with Crippen LogP contribution in [-0.2, 0) is 0 Å². The Kier molecular flexibility index (Phi) is 1.70. The van der Waals surface area contributed by atoms with E-state index in [9.17, 15) is 0 Å². The summed E-state index contributed by atoms with van der Waals surface area (Å²) in [6.45, 7) is 0. The quantitative estimate of drug-likeness (QED) is 0.579. The van der Waals surface area contributed by atoms with Crippen molar-refractivity contribution in [2.75, 3.05) is 0 Å². The van der Waals surface area contributed by atoms with Crippen molar-refractivity contribution in [2.24, 2.45) is 0 Å². The molecule has 0 fully saturated rings. The van der Waals surface area contributed by atoms with Gasteiger partial charge in [0.15, 0.2) is 0 Å². The molecule has 0 amide bonds. The van der Waals surface area contributed by atoms with E-state index in [2.05, 4.69) is 4.98 Å². The second kappa shape index (κ2) is 2.85. The molecule has 2 aromatic rings. The van der Waals surface area contributed by atoms with Crippen LogP contribution in [0.25, 0.3) is 10.9 Å². The topological polar surface area (TPSA) is 22.1 Å². The smallest absolute Gasteiger partial charge is 0.322 e. The lowest BCUT2D eigenvalue weighted by atomic mass is 10.2. The molecule has 3 heteroatoms. The lowest BCUT2D eigenvalue weighted by Crippen LogP contribution is -1.87. The Hall–Kier alpha value is -1.51. The standard InChI is InChI=1S/C9H8BNO/c10-12-8-5-1-3-7-4-2-6-11-9(7)8/h1-6H,10H2. The molecule has 0 radical (unpaired) electrons. The number of hydrogen-bond acceptors (Lipinski definition) is 2. The van der Waals surface area contributed by atoms with Crippen molar-refractivity contribution >= 4 is 19.0 Å². The average Bonchev–Trinajstić information content (AvgIpc) is 2.17. The molecule has 58 valence electrons. The lowest BCUT2D eigenvalue weighted by molar-refractivity contribution is 0.622. The highest BCUT2D eigenvalue weighted by atomic mass is 16.4. The van der Waals surface area contributed by atoms with Crippen molar-refractivity contribution < 1.29 is 4.65 Å². The van der Waals surface area contributed by atoms with Crippen molar-refractivity contribution in [1.29, 1.82) is 0 Å². The molecule has 0 aliphatic rings. The number of rotatable bonds is 1. The van der Waals surface area contributed by atoms with E-state index in [1.807, 2.05) is 30.3 Å². The van der Waals surface area contributed by atoms with Crippen LogP contribution in [0, 0.1) is 0 Å². The van der Waals surface area contributed by atoms with Crippen molar-refractivity contribution in [3.05, 3.63) is 36.5 Å². The Morgan fingerprint density at radius 1 is 1.17 bits per heavy atom. The number of pyridine rings is 1. The van der Waals surface area contributed by atoms with Crippen LogP contribution in [0.15, 0.2) is 36.5 Å². The Morgan fingerprint density at radius 2 is 2.00 bits per heavy atom. The van der Waals surface area contributed by atoms with Gasteiger partial charge in [-0.2, -0.15) is 0 Å². The fourth-order valence-corrected chi connectivity index (χ4v) is 1.24. The normalized spacial score (nSPS) is 10.0. The number of aromatic nitrogens is 1. The zero-order valence-electron chi connectivity index (χ0n) is 6.82. The predicted molar refractivity (Wildman–Crippen MR) is 50.9 cm³/mol. The molecule has 0 atom stereocenters. The summed E-state index contributed by atoms with van der Waals surface area (Å²) in [6, 6.07) is 9.83. The summed E-state index contributed by atoms with van der Waals surface area (Å²) < 4.78 is 5.16. The Bertz CT molecular complexity index is 397. The maximum Gasteiger partial charge on any atom is 0.322 e. The van der Waals surface area contributed by atoms with Gasteiger partial charge in [0, 0.05) is 11.6 Å². The minimum absolute atomic E-state index is 0.827. The Morgan fingerprint density at radius 3 is 2.83 bits per heavy atom. The third-order valence-electron chi connectivity index (χ3n) is 1.82. The minimum Gasteiger partial charge on any atom is -0.566 e. The van der Waals surface area contributed by atoms with Crippen molar-refractivity contribution in [3.8, 4) is 5.75 Å². The van der Waals surface area contributed by atoms with Gasteiger partial charge in [-0.05, 0) is 12.1 Å². The van der Waals surface area contributed by atoms with E-state index in [1.54, 1.807) is 14.2 Å². The first-order chi connectivity index (χ1) is 5.92. The van der Waals surface area contributed by atoms with Gasteiger partial charge in [-0.3, -0.25) is 4.98 Å². The molecule has 0 bridgehead atoms. The largest absolute Gasteiger partial charge is 0.566 e. The summed E-state index contributed by atoms with van der Waals surface area (Å²) in [7, 11) is 1.66. The van der Waals surface area contributed by atoms with Gasteiger partial charge >= 0.3 is 8.05 Å². The zero-order valence-corrected chi connectivity index (χ0v) is 6.82. The van der Waals surface area contributed by atoms with Gasteiger partial charge in [-0.25, -0.2) is 0 Å². The molecule has 0 unspecified atom stereocenters. The molecule has 0 saturated heterocycles. The van der Waals surface area contributed by atoms with E-state index < -0.39 is 0 Å². The highest BCUT2D eigenvalue weighted by molar-refractivity contribution is 6.01. The van der Waals surface area contributed by atoms with Crippen LogP contribution < -0.4 is 4.65 Å². The zero-order chi connectivity index (χ0) is 8.39. The predicted octanol–water partition coefficient (Wildman–Crippen LogP) is 1.16. The summed E-state index contributed by atoms with van der Waals surface area (Å²) in [5, 5.41) is 1.11. The molecule has 0 aliphatic heterocycles. The van der Waals surface area contributed by atoms with E-state index in [1.165, 1.54) is 0 Å². The number of hydrogen-bond donors (Lipinski definition) is 0. The van der Waals surface area contributed by atoms with Gasteiger partial charge < -0.3 is 4.65 Å². The van der Waals surface area contributed by atoms with Crippen LogP contribution in [0.4, 0.5) is 0 Å². The minimum atomic E-state index is 0.827.